The van der Waals surface area contributed by atoms with Crippen LogP contribution in [0.3, 0.4) is 0 Å². The number of carbonyl (C=O) groups is 2. The molecule has 0 atom stereocenters. The van der Waals surface area contributed by atoms with Gasteiger partial charge in [0.15, 0.2) is 0 Å². The predicted octanol–water partition coefficient (Wildman–Crippen LogP) is 6.06. The molecule has 2 heterocycles. The summed E-state index contributed by atoms with van der Waals surface area (Å²) in [4.78, 5) is 40.6. The zero-order chi connectivity index (χ0) is 28.6. The predicted molar refractivity (Wildman–Crippen MR) is 151 cm³/mol. The molecule has 0 bridgehead atoms. The van der Waals surface area contributed by atoms with Crippen molar-refractivity contribution in [2.75, 3.05) is 26.2 Å². The first-order chi connectivity index (χ1) is 19.1. The van der Waals surface area contributed by atoms with E-state index in [1.165, 1.54) is 30.3 Å². The van der Waals surface area contributed by atoms with E-state index in [9.17, 15) is 24.1 Å². The first-order valence-corrected chi connectivity index (χ1v) is 13.1. The van der Waals surface area contributed by atoms with Gasteiger partial charge in [-0.15, -0.1) is 0 Å². The van der Waals surface area contributed by atoms with Crippen LogP contribution < -0.4 is 0 Å². The first kappa shape index (κ1) is 27.1. The largest absolute Gasteiger partial charge is 0.335 e. The van der Waals surface area contributed by atoms with Gasteiger partial charge in [-0.25, -0.2) is 4.39 Å². The number of nitro groups is 1. The van der Waals surface area contributed by atoms with E-state index in [0.717, 1.165) is 28.2 Å². The molecule has 0 spiro atoms. The maximum absolute atomic E-state index is 13.7. The molecule has 8 nitrogen and oxygen atoms in total. The van der Waals surface area contributed by atoms with E-state index in [4.69, 9.17) is 11.6 Å². The van der Waals surface area contributed by atoms with Gasteiger partial charge in [0, 0.05) is 49.2 Å². The molecule has 1 aromatic heterocycles. The molecule has 0 saturated carbocycles. The number of hydrogen-bond donors (Lipinski definition) is 0. The number of nitrogens with zero attached hydrogens (tertiary/aromatic N) is 4. The van der Waals surface area contributed by atoms with E-state index >= 15 is 0 Å². The van der Waals surface area contributed by atoms with E-state index in [1.807, 2.05) is 48.7 Å². The molecule has 1 aliphatic rings. The van der Waals surface area contributed by atoms with Crippen molar-refractivity contribution in [3.05, 3.63) is 116 Å². The van der Waals surface area contributed by atoms with Crippen LogP contribution in [0, 0.1) is 29.8 Å². The van der Waals surface area contributed by atoms with Crippen molar-refractivity contribution in [1.29, 1.82) is 0 Å². The minimum Gasteiger partial charge on any atom is -0.335 e. The van der Waals surface area contributed by atoms with Gasteiger partial charge in [-0.2, -0.15) is 0 Å². The molecule has 4 aromatic rings. The topological polar surface area (TPSA) is 88.7 Å². The number of aryl methyl sites for hydroxylation is 1. The third-order valence-electron chi connectivity index (χ3n) is 7.15. The Morgan fingerprint density at radius 2 is 1.45 bits per heavy atom. The van der Waals surface area contributed by atoms with Crippen LogP contribution in [0.25, 0.3) is 16.9 Å². The number of aromatic nitrogens is 1. The summed E-state index contributed by atoms with van der Waals surface area (Å²) in [5, 5.41) is 11.2. The highest BCUT2D eigenvalue weighted by Gasteiger charge is 2.29. The van der Waals surface area contributed by atoms with E-state index in [1.54, 1.807) is 21.9 Å². The molecule has 0 N–H and O–H groups in total. The molecule has 0 aliphatic carbocycles. The third kappa shape index (κ3) is 5.20. The van der Waals surface area contributed by atoms with Gasteiger partial charge in [0.25, 0.3) is 17.5 Å². The smallest absolute Gasteiger partial charge is 0.288 e. The molecule has 40 heavy (non-hydrogen) atoms. The highest BCUT2D eigenvalue weighted by atomic mass is 35.5. The van der Waals surface area contributed by atoms with Crippen LogP contribution in [0.15, 0.2) is 72.8 Å². The number of nitro benzene ring substituents is 1. The number of benzene rings is 3. The van der Waals surface area contributed by atoms with E-state index in [0.29, 0.717) is 18.7 Å². The molecule has 0 unspecified atom stereocenters. The molecule has 1 saturated heterocycles. The molecular weight excluding hydrogens is 535 g/mol. The highest BCUT2D eigenvalue weighted by Crippen LogP contribution is 2.31. The quantitative estimate of drug-likeness (QED) is 0.219. The SMILES string of the molecule is Cc1ccc(-n2c(-c3ccc(F)cc3)cc(C(=O)N3CCN(C(=O)c4ccc(Cl)c([N+](=O)[O-])c4)CC3)c2C)cc1. The molecular formula is C30H26ClFN4O4. The fourth-order valence-corrected chi connectivity index (χ4v) is 5.12. The van der Waals surface area contributed by atoms with Gasteiger partial charge in [-0.05, 0) is 74.0 Å². The van der Waals surface area contributed by atoms with Gasteiger partial charge < -0.3 is 14.4 Å². The number of halogens is 2. The lowest BCUT2D eigenvalue weighted by molar-refractivity contribution is -0.384. The summed E-state index contributed by atoms with van der Waals surface area (Å²) in [6.45, 7) is 5.06. The second-order valence-corrected chi connectivity index (χ2v) is 10.1. The van der Waals surface area contributed by atoms with Crippen LogP contribution in [0.1, 0.15) is 32.0 Å². The second-order valence-electron chi connectivity index (χ2n) is 9.71. The van der Waals surface area contributed by atoms with Crippen molar-refractivity contribution in [1.82, 2.24) is 14.4 Å². The summed E-state index contributed by atoms with van der Waals surface area (Å²) in [5.41, 5.74) is 4.65. The highest BCUT2D eigenvalue weighted by molar-refractivity contribution is 6.32. The van der Waals surface area contributed by atoms with E-state index in [2.05, 4.69) is 0 Å². The summed E-state index contributed by atoms with van der Waals surface area (Å²) in [6.07, 6.45) is 0. The number of hydrogen-bond acceptors (Lipinski definition) is 4. The molecule has 3 aromatic carbocycles. The maximum Gasteiger partial charge on any atom is 0.288 e. The van der Waals surface area contributed by atoms with Gasteiger partial charge in [-0.3, -0.25) is 19.7 Å². The van der Waals surface area contributed by atoms with Crippen molar-refractivity contribution in [3.63, 3.8) is 0 Å². The summed E-state index contributed by atoms with van der Waals surface area (Å²) < 4.78 is 15.7. The monoisotopic (exact) mass is 560 g/mol. The second kappa shape index (κ2) is 10.9. The van der Waals surface area contributed by atoms with Gasteiger partial charge in [0.1, 0.15) is 10.8 Å². The van der Waals surface area contributed by atoms with Crippen LogP contribution >= 0.6 is 11.6 Å². The summed E-state index contributed by atoms with van der Waals surface area (Å²) >= 11 is 5.88. The summed E-state index contributed by atoms with van der Waals surface area (Å²) in [6, 6.07) is 19.9. The number of piperazine rings is 1. The average molecular weight is 561 g/mol. The van der Waals surface area contributed by atoms with E-state index < -0.39 is 4.92 Å². The Morgan fingerprint density at radius 1 is 0.850 bits per heavy atom. The molecule has 5 rings (SSSR count). The Balaban J connectivity index is 1.39. The Hall–Kier alpha value is -4.50. The normalized spacial score (nSPS) is 13.4. The standard InChI is InChI=1S/C30H26ClFN4O4/c1-19-3-10-24(11-4-19)35-20(2)25(18-27(35)21-5-8-23(32)9-6-21)30(38)34-15-13-33(14-16-34)29(37)22-7-12-26(31)28(17-22)36(39)40/h3-12,17-18H,13-16H2,1-2H3. The minimum absolute atomic E-state index is 0.0371. The minimum atomic E-state index is -0.624. The van der Waals surface area contributed by atoms with E-state index in [-0.39, 0.29) is 47.0 Å². The van der Waals surface area contributed by atoms with Gasteiger partial charge in [-0.1, -0.05) is 29.3 Å². The molecule has 10 heteroatoms. The van der Waals surface area contributed by atoms with Gasteiger partial charge >= 0.3 is 0 Å². The lowest BCUT2D eigenvalue weighted by atomic mass is 10.1. The number of carbonyl (C=O) groups excluding carboxylic acids is 2. The van der Waals surface area contributed by atoms with Crippen molar-refractivity contribution < 1.29 is 18.9 Å². The van der Waals surface area contributed by atoms with Crippen molar-refractivity contribution in [3.8, 4) is 16.9 Å². The van der Waals surface area contributed by atoms with Crippen LogP contribution in [-0.4, -0.2) is 57.3 Å². The van der Waals surface area contributed by atoms with Crippen LogP contribution in [0.4, 0.5) is 10.1 Å². The molecule has 0 radical (unpaired) electrons. The zero-order valence-electron chi connectivity index (χ0n) is 21.9. The Bertz CT molecular complexity index is 1610. The Labute approximate surface area is 235 Å². The fraction of sp³-hybridized carbons (Fsp3) is 0.200. The summed E-state index contributed by atoms with van der Waals surface area (Å²) in [5.74, 6) is -0.862. The Kier molecular flexibility index (Phi) is 7.40. The first-order valence-electron chi connectivity index (χ1n) is 12.7. The fourth-order valence-electron chi connectivity index (χ4n) is 4.93. The third-order valence-corrected chi connectivity index (χ3v) is 7.47. The lowest BCUT2D eigenvalue weighted by Gasteiger charge is -2.34. The molecule has 204 valence electrons. The molecule has 2 amide bonds. The van der Waals surface area contributed by atoms with Gasteiger partial charge in [0.05, 0.1) is 16.2 Å². The molecule has 1 aliphatic heterocycles. The van der Waals surface area contributed by atoms with Crippen LogP contribution in [0.2, 0.25) is 5.02 Å². The maximum atomic E-state index is 13.7. The zero-order valence-corrected chi connectivity index (χ0v) is 22.7. The van der Waals surface area contributed by atoms with Crippen molar-refractivity contribution in [2.24, 2.45) is 0 Å². The Morgan fingerprint density at radius 3 is 2.05 bits per heavy atom. The lowest BCUT2D eigenvalue weighted by Crippen LogP contribution is -2.50. The molecule has 1 fully saturated rings. The van der Waals surface area contributed by atoms with Crippen molar-refractivity contribution >= 4 is 29.1 Å². The van der Waals surface area contributed by atoms with Crippen LogP contribution in [0.5, 0.6) is 0 Å². The van der Waals surface area contributed by atoms with Crippen LogP contribution in [-0.2, 0) is 0 Å². The van der Waals surface area contributed by atoms with Crippen molar-refractivity contribution in [2.45, 2.75) is 13.8 Å². The van der Waals surface area contributed by atoms with Gasteiger partial charge in [0.2, 0.25) is 0 Å². The average Bonchev–Trinajstić information content (AvgIpc) is 3.30. The summed E-state index contributed by atoms with van der Waals surface area (Å²) in [7, 11) is 0. The number of rotatable bonds is 5. The number of amides is 2.